The molecule has 1 saturated carbocycles. The summed E-state index contributed by atoms with van der Waals surface area (Å²) in [5, 5.41) is 6.22. The predicted molar refractivity (Wildman–Crippen MR) is 136 cm³/mol. The van der Waals surface area contributed by atoms with Crippen LogP contribution in [0, 0.1) is 5.41 Å². The van der Waals surface area contributed by atoms with Gasteiger partial charge in [0, 0.05) is 18.8 Å². The van der Waals surface area contributed by atoms with E-state index in [1.807, 2.05) is 24.3 Å². The number of hydrogen-bond donors (Lipinski definition) is 0. The number of methoxy groups -OCH3 is 2. The summed E-state index contributed by atoms with van der Waals surface area (Å²) < 4.78 is 23.2. The first-order valence-electron chi connectivity index (χ1n) is 13.0. The van der Waals surface area contributed by atoms with E-state index in [0.29, 0.717) is 35.5 Å². The summed E-state index contributed by atoms with van der Waals surface area (Å²) in [5.41, 5.74) is 0.164. The van der Waals surface area contributed by atoms with Crippen molar-refractivity contribution in [2.45, 2.75) is 62.8 Å². The van der Waals surface area contributed by atoms with Gasteiger partial charge in [0.05, 0.1) is 20.4 Å². The van der Waals surface area contributed by atoms with Gasteiger partial charge in [-0.2, -0.15) is 5.10 Å². The molecule has 2 saturated heterocycles. The molecule has 3 heterocycles. The molecule has 38 heavy (non-hydrogen) atoms. The van der Waals surface area contributed by atoms with Gasteiger partial charge >= 0.3 is 11.9 Å². The molecule has 3 atom stereocenters. The molecule has 3 fully saturated rings. The van der Waals surface area contributed by atoms with Gasteiger partial charge in [0.2, 0.25) is 5.41 Å². The van der Waals surface area contributed by atoms with Crippen LogP contribution >= 0.6 is 0 Å². The van der Waals surface area contributed by atoms with Crippen molar-refractivity contribution in [1.29, 1.82) is 0 Å². The van der Waals surface area contributed by atoms with E-state index in [1.165, 1.54) is 21.1 Å². The lowest BCUT2D eigenvalue weighted by Crippen LogP contribution is -2.60. The number of benzene rings is 2. The van der Waals surface area contributed by atoms with Crippen LogP contribution in [0.25, 0.3) is 0 Å². The molecule has 1 unspecified atom stereocenters. The van der Waals surface area contributed by atoms with Crippen LogP contribution in [0.1, 0.15) is 67.7 Å². The van der Waals surface area contributed by atoms with Crippen molar-refractivity contribution in [1.82, 2.24) is 5.01 Å². The third kappa shape index (κ3) is 3.30. The van der Waals surface area contributed by atoms with Crippen molar-refractivity contribution in [3.05, 3.63) is 59.2 Å². The molecule has 4 aliphatic rings. The minimum absolute atomic E-state index is 0.234. The van der Waals surface area contributed by atoms with Gasteiger partial charge in [-0.1, -0.05) is 36.8 Å². The zero-order valence-electron chi connectivity index (χ0n) is 21.6. The normalized spacial score (nSPS) is 26.4. The van der Waals surface area contributed by atoms with E-state index in [9.17, 15) is 14.4 Å². The number of Topliss-reactive ketones (excluding diaryl/α,β-unsaturated/α-hetero) is 1. The highest BCUT2D eigenvalue weighted by molar-refractivity contribution is 6.07. The van der Waals surface area contributed by atoms with Gasteiger partial charge in [0.25, 0.3) is 5.79 Å². The zero-order valence-corrected chi connectivity index (χ0v) is 21.6. The van der Waals surface area contributed by atoms with Gasteiger partial charge in [0.1, 0.15) is 12.1 Å². The topological polar surface area (TPSA) is 104 Å². The fourth-order valence-electron chi connectivity index (χ4n) is 6.77. The first-order chi connectivity index (χ1) is 18.4. The molecule has 2 aromatic rings. The Labute approximate surface area is 220 Å². The summed E-state index contributed by atoms with van der Waals surface area (Å²) in [6.07, 6.45) is 5.16. The smallest absolute Gasteiger partial charge is 0.330 e. The standard InChI is InChI=1S/C29H30N2O7/c1-17(32)24-23(18-11-12-21(35-2)22(15-18)36-3)29(25-20-10-6-5-9-19(20)16-30-31(24)25)26(33)37-28(38-27(29)34)13-7-4-8-14-28/h5-6,9-12,15-16,23-25H,4,7-8,13-14H2,1-3H3/t23-,24-,25?/m1/s1. The Kier molecular flexibility index (Phi) is 5.70. The Morgan fingerprint density at radius 3 is 2.32 bits per heavy atom. The molecule has 0 aromatic heterocycles. The quantitative estimate of drug-likeness (QED) is 0.444. The van der Waals surface area contributed by atoms with E-state index in [4.69, 9.17) is 18.9 Å². The van der Waals surface area contributed by atoms with Crippen LogP contribution in [0.3, 0.4) is 0 Å². The Morgan fingerprint density at radius 1 is 0.974 bits per heavy atom. The van der Waals surface area contributed by atoms with E-state index in [2.05, 4.69) is 5.10 Å². The maximum atomic E-state index is 14.4. The third-order valence-electron chi connectivity index (χ3n) is 8.44. The zero-order chi connectivity index (χ0) is 26.7. The van der Waals surface area contributed by atoms with Crippen LogP contribution < -0.4 is 9.47 Å². The van der Waals surface area contributed by atoms with Crippen molar-refractivity contribution in [3.8, 4) is 11.5 Å². The lowest BCUT2D eigenvalue weighted by atomic mass is 9.65. The lowest BCUT2D eigenvalue weighted by Gasteiger charge is -2.47. The van der Waals surface area contributed by atoms with E-state index in [-0.39, 0.29) is 5.78 Å². The number of hydrazone groups is 1. The monoisotopic (exact) mass is 518 g/mol. The Morgan fingerprint density at radius 2 is 1.66 bits per heavy atom. The molecule has 198 valence electrons. The Hall–Kier alpha value is -3.88. The summed E-state index contributed by atoms with van der Waals surface area (Å²) in [6, 6.07) is 10.8. The maximum absolute atomic E-state index is 14.4. The molecule has 0 amide bonds. The number of carbonyl (C=O) groups excluding carboxylic acids is 3. The fraction of sp³-hybridized carbons (Fsp3) is 0.448. The SMILES string of the molecule is COc1ccc([C@@H]2[C@@H](C(C)=O)N3N=Cc4ccccc4C3C23C(=O)OC2(CCCCC2)OC3=O)cc1OC. The molecule has 1 aliphatic carbocycles. The van der Waals surface area contributed by atoms with Crippen LogP contribution in [-0.2, 0) is 23.9 Å². The molecule has 6 rings (SSSR count). The molecule has 3 aliphatic heterocycles. The number of hydrogen-bond acceptors (Lipinski definition) is 9. The van der Waals surface area contributed by atoms with E-state index >= 15 is 0 Å². The minimum atomic E-state index is -1.87. The highest BCUT2D eigenvalue weighted by atomic mass is 16.7. The Bertz CT molecular complexity index is 1330. The van der Waals surface area contributed by atoms with E-state index in [1.54, 1.807) is 29.4 Å². The summed E-state index contributed by atoms with van der Waals surface area (Å²) in [5.74, 6) is -2.91. The second kappa shape index (κ2) is 8.85. The number of fused-ring (bicyclic) bond motifs is 4. The van der Waals surface area contributed by atoms with Crippen molar-refractivity contribution < 1.29 is 33.3 Å². The lowest BCUT2D eigenvalue weighted by molar-refractivity contribution is -0.273. The molecule has 2 aromatic carbocycles. The van der Waals surface area contributed by atoms with E-state index < -0.39 is 41.1 Å². The second-order valence-electron chi connectivity index (χ2n) is 10.4. The first kappa shape index (κ1) is 24.5. The van der Waals surface area contributed by atoms with Crippen LogP contribution in [0.5, 0.6) is 11.5 Å². The summed E-state index contributed by atoms with van der Waals surface area (Å²) in [7, 11) is 3.03. The van der Waals surface area contributed by atoms with Gasteiger partial charge in [-0.3, -0.25) is 19.4 Å². The molecule has 2 spiro atoms. The minimum Gasteiger partial charge on any atom is -0.493 e. The van der Waals surface area contributed by atoms with Crippen LogP contribution in [0.2, 0.25) is 0 Å². The van der Waals surface area contributed by atoms with E-state index in [0.717, 1.165) is 24.8 Å². The average Bonchev–Trinajstić information content (AvgIpc) is 3.25. The van der Waals surface area contributed by atoms with Crippen molar-refractivity contribution >= 4 is 23.9 Å². The van der Waals surface area contributed by atoms with Crippen LogP contribution in [0.4, 0.5) is 0 Å². The fourth-order valence-corrected chi connectivity index (χ4v) is 6.77. The molecule has 9 heteroatoms. The molecule has 0 radical (unpaired) electrons. The average molecular weight is 519 g/mol. The molecular formula is C29H30N2O7. The van der Waals surface area contributed by atoms with Gasteiger partial charge in [-0.05, 0) is 48.6 Å². The molecule has 0 bridgehead atoms. The summed E-state index contributed by atoms with van der Waals surface area (Å²) >= 11 is 0. The number of ether oxygens (including phenoxy) is 4. The van der Waals surface area contributed by atoms with Crippen molar-refractivity contribution in [2.75, 3.05) is 14.2 Å². The van der Waals surface area contributed by atoms with Crippen LogP contribution in [0.15, 0.2) is 47.6 Å². The van der Waals surface area contributed by atoms with Gasteiger partial charge in [-0.15, -0.1) is 0 Å². The highest BCUT2D eigenvalue weighted by Crippen LogP contribution is 2.63. The number of esters is 2. The summed E-state index contributed by atoms with van der Waals surface area (Å²) in [6.45, 7) is 1.45. The largest absolute Gasteiger partial charge is 0.493 e. The van der Waals surface area contributed by atoms with Gasteiger partial charge in [-0.25, -0.2) is 0 Å². The first-order valence-corrected chi connectivity index (χ1v) is 13.0. The molecular weight excluding hydrogens is 488 g/mol. The molecule has 9 nitrogen and oxygen atoms in total. The summed E-state index contributed by atoms with van der Waals surface area (Å²) in [4.78, 5) is 42.2. The van der Waals surface area contributed by atoms with Crippen LogP contribution in [-0.4, -0.2) is 55.0 Å². The van der Waals surface area contributed by atoms with Gasteiger partial charge < -0.3 is 18.9 Å². The molecule has 0 N–H and O–H groups in total. The maximum Gasteiger partial charge on any atom is 0.330 e. The number of ketones is 1. The number of carbonyl (C=O) groups is 3. The van der Waals surface area contributed by atoms with Gasteiger partial charge in [0.15, 0.2) is 17.3 Å². The van der Waals surface area contributed by atoms with Crippen molar-refractivity contribution in [3.63, 3.8) is 0 Å². The Balaban J connectivity index is 1.60. The second-order valence-corrected chi connectivity index (χ2v) is 10.4. The number of nitrogens with zero attached hydrogens (tertiary/aromatic N) is 2. The predicted octanol–water partition coefficient (Wildman–Crippen LogP) is 3.90. The number of rotatable bonds is 4. The van der Waals surface area contributed by atoms with Crippen molar-refractivity contribution in [2.24, 2.45) is 10.5 Å². The third-order valence-corrected chi connectivity index (χ3v) is 8.44. The highest BCUT2D eigenvalue weighted by Gasteiger charge is 2.75.